The van der Waals surface area contributed by atoms with Gasteiger partial charge in [0.05, 0.1) is 14.7 Å². The minimum absolute atomic E-state index is 0.00622. The Morgan fingerprint density at radius 1 is 0.973 bits per heavy atom. The molecule has 0 aliphatic heterocycles. The number of nitro benzene ring substituents is 2. The summed E-state index contributed by atoms with van der Waals surface area (Å²) in [6.45, 7) is -0.144. The second kappa shape index (κ2) is 11.7. The third-order valence-corrected chi connectivity index (χ3v) is 6.77. The predicted molar refractivity (Wildman–Crippen MR) is 134 cm³/mol. The van der Waals surface area contributed by atoms with E-state index in [1.165, 1.54) is 41.3 Å². The number of halogens is 2. The molecule has 0 heterocycles. The maximum atomic E-state index is 13.4. The standard InChI is InChI=1S/C22H19ClFN5O7S/c23-20-11-10-19(14-21(20)29(33)34)37(35,36)25-12-1-13-27(17-6-2-15(24)3-7-17)22(30)26-16-4-8-18(9-5-16)28(31)32/h2-11,14,25H,1,12-13H2,(H,26,30). The maximum absolute atomic E-state index is 13.4. The fourth-order valence-electron chi connectivity index (χ4n) is 3.15. The molecule has 0 saturated heterocycles. The van der Waals surface area contributed by atoms with Gasteiger partial charge in [0.1, 0.15) is 10.8 Å². The molecule has 2 N–H and O–H groups in total. The summed E-state index contributed by atoms with van der Waals surface area (Å²) in [6, 6.07) is 12.6. The van der Waals surface area contributed by atoms with E-state index in [9.17, 15) is 37.8 Å². The molecule has 3 aromatic carbocycles. The van der Waals surface area contributed by atoms with Crippen LogP contribution in [0.4, 0.5) is 31.9 Å². The summed E-state index contributed by atoms with van der Waals surface area (Å²) in [7, 11) is -4.12. The number of non-ortho nitro benzene ring substituents is 1. The minimum atomic E-state index is -4.12. The summed E-state index contributed by atoms with van der Waals surface area (Å²) >= 11 is 5.73. The van der Waals surface area contributed by atoms with Gasteiger partial charge in [0.2, 0.25) is 10.0 Å². The number of sulfonamides is 1. The molecule has 3 rings (SSSR count). The molecule has 12 nitrogen and oxygen atoms in total. The van der Waals surface area contributed by atoms with Crippen molar-refractivity contribution < 1.29 is 27.4 Å². The van der Waals surface area contributed by atoms with Gasteiger partial charge < -0.3 is 5.32 Å². The number of amides is 2. The molecule has 0 bridgehead atoms. The molecule has 0 radical (unpaired) electrons. The van der Waals surface area contributed by atoms with E-state index in [0.717, 1.165) is 30.3 Å². The first-order valence-electron chi connectivity index (χ1n) is 10.5. The molecule has 0 aromatic heterocycles. The van der Waals surface area contributed by atoms with Crippen molar-refractivity contribution >= 4 is 50.4 Å². The maximum Gasteiger partial charge on any atom is 0.326 e. The molecule has 0 atom stereocenters. The van der Waals surface area contributed by atoms with Gasteiger partial charge in [-0.05, 0) is 55.0 Å². The van der Waals surface area contributed by atoms with Crippen LogP contribution in [0, 0.1) is 26.0 Å². The molecule has 194 valence electrons. The highest BCUT2D eigenvalue weighted by molar-refractivity contribution is 7.89. The molecule has 15 heteroatoms. The number of carbonyl (C=O) groups excluding carboxylic acids is 1. The lowest BCUT2D eigenvalue weighted by Crippen LogP contribution is -2.37. The zero-order valence-electron chi connectivity index (χ0n) is 18.8. The van der Waals surface area contributed by atoms with Crippen LogP contribution in [0.5, 0.6) is 0 Å². The summed E-state index contributed by atoms with van der Waals surface area (Å²) in [5, 5.41) is 24.2. The van der Waals surface area contributed by atoms with Gasteiger partial charge in [-0.2, -0.15) is 0 Å². The van der Waals surface area contributed by atoms with Crippen LogP contribution in [-0.2, 0) is 10.0 Å². The van der Waals surface area contributed by atoms with Crippen molar-refractivity contribution in [3.05, 3.63) is 97.8 Å². The van der Waals surface area contributed by atoms with Gasteiger partial charge in [-0.25, -0.2) is 22.3 Å². The Morgan fingerprint density at radius 3 is 2.22 bits per heavy atom. The summed E-state index contributed by atoms with van der Waals surface area (Å²) in [6.07, 6.45) is 0.111. The van der Waals surface area contributed by atoms with Gasteiger partial charge >= 0.3 is 6.03 Å². The van der Waals surface area contributed by atoms with Crippen molar-refractivity contribution in [2.75, 3.05) is 23.3 Å². The highest BCUT2D eigenvalue weighted by Gasteiger charge is 2.21. The van der Waals surface area contributed by atoms with Crippen molar-refractivity contribution in [2.24, 2.45) is 0 Å². The van der Waals surface area contributed by atoms with E-state index in [-0.39, 0.29) is 40.8 Å². The number of hydrogen-bond acceptors (Lipinski definition) is 7. The second-order valence-corrected chi connectivity index (χ2v) is 9.66. The molecule has 0 aliphatic rings. The Kier molecular flexibility index (Phi) is 8.70. The monoisotopic (exact) mass is 551 g/mol. The van der Waals surface area contributed by atoms with Crippen LogP contribution in [0.15, 0.2) is 71.6 Å². The molecule has 0 fully saturated rings. The number of nitrogens with one attached hydrogen (secondary N) is 2. The Hall–Kier alpha value is -4.14. The zero-order valence-corrected chi connectivity index (χ0v) is 20.4. The molecule has 0 saturated carbocycles. The SMILES string of the molecule is O=C(Nc1ccc([N+](=O)[O-])cc1)N(CCCNS(=O)(=O)c1ccc(Cl)c([N+](=O)[O-])c1)c1ccc(F)cc1. The molecular formula is C22H19ClFN5O7S. The van der Waals surface area contributed by atoms with Crippen molar-refractivity contribution in [1.82, 2.24) is 4.72 Å². The first kappa shape index (κ1) is 27.4. The highest BCUT2D eigenvalue weighted by Crippen LogP contribution is 2.27. The number of nitrogens with zero attached hydrogens (tertiary/aromatic N) is 3. The van der Waals surface area contributed by atoms with Crippen LogP contribution in [-0.4, -0.2) is 37.4 Å². The van der Waals surface area contributed by atoms with E-state index in [0.29, 0.717) is 5.69 Å². The largest absolute Gasteiger partial charge is 0.326 e. The van der Waals surface area contributed by atoms with E-state index in [1.54, 1.807) is 0 Å². The van der Waals surface area contributed by atoms with Gasteiger partial charge in [-0.15, -0.1) is 0 Å². The van der Waals surface area contributed by atoms with Crippen LogP contribution < -0.4 is 14.9 Å². The van der Waals surface area contributed by atoms with E-state index < -0.39 is 37.4 Å². The van der Waals surface area contributed by atoms with Gasteiger partial charge in [-0.1, -0.05) is 11.6 Å². The van der Waals surface area contributed by atoms with Crippen molar-refractivity contribution in [3.63, 3.8) is 0 Å². The molecule has 3 aromatic rings. The lowest BCUT2D eigenvalue weighted by atomic mass is 10.2. The lowest BCUT2D eigenvalue weighted by Gasteiger charge is -2.23. The normalized spacial score (nSPS) is 11.1. The third kappa shape index (κ3) is 7.19. The average Bonchev–Trinajstić information content (AvgIpc) is 2.85. The Bertz CT molecular complexity index is 1420. The quantitative estimate of drug-likeness (QED) is 0.209. The molecule has 0 spiro atoms. The predicted octanol–water partition coefficient (Wildman–Crippen LogP) is 4.70. The van der Waals surface area contributed by atoms with E-state index in [2.05, 4.69) is 10.0 Å². The molecule has 2 amide bonds. The number of rotatable bonds is 10. The third-order valence-electron chi connectivity index (χ3n) is 4.99. The Morgan fingerprint density at radius 2 is 1.62 bits per heavy atom. The van der Waals surface area contributed by atoms with Crippen molar-refractivity contribution in [3.8, 4) is 0 Å². The fraction of sp³-hybridized carbons (Fsp3) is 0.136. The fourth-order valence-corrected chi connectivity index (χ4v) is 4.43. The number of anilines is 2. The molecule has 0 unspecified atom stereocenters. The van der Waals surface area contributed by atoms with Gasteiger partial charge in [0, 0.05) is 42.7 Å². The minimum Gasteiger partial charge on any atom is -0.308 e. The van der Waals surface area contributed by atoms with Crippen LogP contribution >= 0.6 is 11.6 Å². The smallest absolute Gasteiger partial charge is 0.308 e. The second-order valence-electron chi connectivity index (χ2n) is 7.48. The van der Waals surface area contributed by atoms with Crippen molar-refractivity contribution in [2.45, 2.75) is 11.3 Å². The molecular weight excluding hydrogens is 533 g/mol. The van der Waals surface area contributed by atoms with Gasteiger partial charge in [-0.3, -0.25) is 25.1 Å². The summed E-state index contributed by atoms with van der Waals surface area (Å²) in [5.41, 5.74) is -0.133. The first-order chi connectivity index (χ1) is 17.5. The number of hydrogen-bond donors (Lipinski definition) is 2. The van der Waals surface area contributed by atoms with E-state index in [1.807, 2.05) is 0 Å². The number of carbonyl (C=O) groups is 1. The summed E-state index contributed by atoms with van der Waals surface area (Å²) in [5.74, 6) is -0.524. The van der Waals surface area contributed by atoms with E-state index >= 15 is 0 Å². The highest BCUT2D eigenvalue weighted by atomic mass is 35.5. The topological polar surface area (TPSA) is 165 Å². The Labute approximate surface area is 215 Å². The average molecular weight is 552 g/mol. The summed E-state index contributed by atoms with van der Waals surface area (Å²) in [4.78, 5) is 34.3. The molecule has 37 heavy (non-hydrogen) atoms. The number of nitro groups is 2. The van der Waals surface area contributed by atoms with Gasteiger partial charge in [0.25, 0.3) is 11.4 Å². The lowest BCUT2D eigenvalue weighted by molar-refractivity contribution is -0.385. The van der Waals surface area contributed by atoms with Gasteiger partial charge in [0.15, 0.2) is 0 Å². The first-order valence-corrected chi connectivity index (χ1v) is 12.4. The zero-order chi connectivity index (χ0) is 27.2. The number of urea groups is 1. The summed E-state index contributed by atoms with van der Waals surface area (Å²) < 4.78 is 40.8. The van der Waals surface area contributed by atoms with Crippen LogP contribution in [0.3, 0.4) is 0 Å². The van der Waals surface area contributed by atoms with Crippen LogP contribution in [0.1, 0.15) is 6.42 Å². The van der Waals surface area contributed by atoms with Crippen molar-refractivity contribution in [1.29, 1.82) is 0 Å². The number of benzene rings is 3. The van der Waals surface area contributed by atoms with E-state index in [4.69, 9.17) is 11.6 Å². The van der Waals surface area contributed by atoms with Crippen LogP contribution in [0.2, 0.25) is 5.02 Å². The Balaban J connectivity index is 1.69. The van der Waals surface area contributed by atoms with Crippen LogP contribution in [0.25, 0.3) is 0 Å². The molecule has 0 aliphatic carbocycles.